The van der Waals surface area contributed by atoms with Gasteiger partial charge in [-0.2, -0.15) is 0 Å². The van der Waals surface area contributed by atoms with Gasteiger partial charge in [-0.15, -0.1) is 0 Å². The number of hydrogen-bond donors (Lipinski definition) is 2. The molecule has 6 rings (SSSR count). The highest BCUT2D eigenvalue weighted by atomic mass is 79.9. The van der Waals surface area contributed by atoms with E-state index in [1.54, 1.807) is 29.8 Å². The first-order valence-electron chi connectivity index (χ1n) is 11.0. The molecule has 0 saturated heterocycles. The third-order valence-electron chi connectivity index (χ3n) is 6.01. The highest BCUT2D eigenvalue weighted by molar-refractivity contribution is 9.10. The van der Waals surface area contributed by atoms with E-state index in [4.69, 9.17) is 20.9 Å². The minimum absolute atomic E-state index is 0.0117. The van der Waals surface area contributed by atoms with Crippen LogP contribution in [0.1, 0.15) is 11.3 Å². The number of hydrogen-bond acceptors (Lipinski definition) is 8. The van der Waals surface area contributed by atoms with Crippen molar-refractivity contribution in [3.63, 3.8) is 0 Å². The third-order valence-corrected chi connectivity index (χ3v) is 6.76. The van der Waals surface area contributed by atoms with Crippen LogP contribution >= 0.6 is 15.9 Å². The molecular formula is C25H19BrFN7O2. The number of aryl methyl sites for hydroxylation is 1. The van der Waals surface area contributed by atoms with Crippen molar-refractivity contribution in [2.45, 2.75) is 13.3 Å². The lowest BCUT2D eigenvalue weighted by atomic mass is 10.0. The molecule has 0 unspecified atom stereocenters. The Labute approximate surface area is 213 Å². The lowest BCUT2D eigenvalue weighted by molar-refractivity contribution is 0.358. The van der Waals surface area contributed by atoms with E-state index in [2.05, 4.69) is 35.9 Å². The molecule has 1 aliphatic heterocycles. The average Bonchev–Trinajstić information content (AvgIpc) is 3.46. The molecule has 1 aliphatic rings. The highest BCUT2D eigenvalue weighted by Crippen LogP contribution is 2.47. The van der Waals surface area contributed by atoms with Gasteiger partial charge in [0.1, 0.15) is 23.1 Å². The van der Waals surface area contributed by atoms with Gasteiger partial charge in [0, 0.05) is 46.9 Å². The molecule has 0 amide bonds. The fourth-order valence-electron chi connectivity index (χ4n) is 4.38. The van der Waals surface area contributed by atoms with Crippen LogP contribution < -0.4 is 20.9 Å². The zero-order valence-corrected chi connectivity index (χ0v) is 20.6. The van der Waals surface area contributed by atoms with E-state index in [1.807, 2.05) is 12.1 Å². The molecule has 0 atom stereocenters. The second kappa shape index (κ2) is 8.45. The molecule has 9 nitrogen and oxygen atoms in total. The van der Waals surface area contributed by atoms with Crippen LogP contribution in [0, 0.1) is 12.7 Å². The quantitative estimate of drug-likeness (QED) is 0.301. The summed E-state index contributed by atoms with van der Waals surface area (Å²) in [6, 6.07) is 10.1. The van der Waals surface area contributed by atoms with Crippen molar-refractivity contribution in [2.24, 2.45) is 0 Å². The maximum absolute atomic E-state index is 15.3. The van der Waals surface area contributed by atoms with Gasteiger partial charge in [0.2, 0.25) is 0 Å². The number of rotatable bonds is 4. The lowest BCUT2D eigenvalue weighted by Gasteiger charge is -2.16. The number of aromatic nitrogens is 5. The summed E-state index contributed by atoms with van der Waals surface area (Å²) in [5.74, 6) is 0.315. The van der Waals surface area contributed by atoms with E-state index in [0.717, 1.165) is 11.1 Å². The Morgan fingerprint density at radius 2 is 1.97 bits per heavy atom. The molecule has 5 aromatic rings. The monoisotopic (exact) mass is 547 g/mol. The minimum atomic E-state index is -0.601. The van der Waals surface area contributed by atoms with Gasteiger partial charge in [-0.25, -0.2) is 24.3 Å². The number of nitrogens with two attached hydrogens (primary N) is 2. The molecule has 11 heteroatoms. The number of ether oxygens (including phenoxy) is 2. The predicted molar refractivity (Wildman–Crippen MR) is 137 cm³/mol. The van der Waals surface area contributed by atoms with Crippen LogP contribution in [0.4, 0.5) is 15.9 Å². The normalized spacial score (nSPS) is 12.5. The van der Waals surface area contributed by atoms with Gasteiger partial charge in [-0.1, -0.05) is 0 Å². The second-order valence-corrected chi connectivity index (χ2v) is 9.05. The third kappa shape index (κ3) is 3.51. The molecule has 0 radical (unpaired) electrons. The Balaban J connectivity index is 1.56. The lowest BCUT2D eigenvalue weighted by Crippen LogP contribution is -2.03. The van der Waals surface area contributed by atoms with Crippen molar-refractivity contribution in [1.82, 2.24) is 24.5 Å². The van der Waals surface area contributed by atoms with Crippen LogP contribution in [0.25, 0.3) is 28.0 Å². The van der Waals surface area contributed by atoms with E-state index < -0.39 is 5.82 Å². The SMILES string of the molecule is Cc1ccnc(Oc2ccc(-n3c(-c4ccc(N)c5c4OCC5)c(Br)c4ncnc(N)c43)cc2F)n1. The molecule has 2 aromatic carbocycles. The average molecular weight is 548 g/mol. The minimum Gasteiger partial charge on any atom is -0.492 e. The number of halogens is 2. The van der Waals surface area contributed by atoms with E-state index in [9.17, 15) is 0 Å². The molecule has 0 bridgehead atoms. The Hall–Kier alpha value is -4.25. The molecule has 4 N–H and O–H groups in total. The smallest absolute Gasteiger partial charge is 0.322 e. The van der Waals surface area contributed by atoms with E-state index >= 15 is 4.39 Å². The number of benzene rings is 2. The number of anilines is 2. The van der Waals surface area contributed by atoms with Crippen LogP contribution in [0.15, 0.2) is 53.4 Å². The van der Waals surface area contributed by atoms with Crippen LogP contribution in [-0.4, -0.2) is 31.1 Å². The van der Waals surface area contributed by atoms with E-state index in [1.165, 1.54) is 18.5 Å². The van der Waals surface area contributed by atoms with Crippen molar-refractivity contribution in [3.05, 3.63) is 70.5 Å². The van der Waals surface area contributed by atoms with Gasteiger partial charge in [0.05, 0.1) is 16.8 Å². The molecule has 36 heavy (non-hydrogen) atoms. The van der Waals surface area contributed by atoms with Gasteiger partial charge in [0.25, 0.3) is 0 Å². The molecule has 0 spiro atoms. The first-order chi connectivity index (χ1) is 17.4. The number of fused-ring (bicyclic) bond motifs is 2. The van der Waals surface area contributed by atoms with Gasteiger partial charge in [0.15, 0.2) is 17.4 Å². The zero-order chi connectivity index (χ0) is 25.0. The summed E-state index contributed by atoms with van der Waals surface area (Å²) in [4.78, 5) is 16.8. The summed E-state index contributed by atoms with van der Waals surface area (Å²) in [5, 5.41) is 0. The summed E-state index contributed by atoms with van der Waals surface area (Å²) in [6.07, 6.45) is 3.64. The fourth-order valence-corrected chi connectivity index (χ4v) is 5.07. The Morgan fingerprint density at radius 3 is 2.78 bits per heavy atom. The molecule has 0 aliphatic carbocycles. The first kappa shape index (κ1) is 22.2. The number of nitrogens with zero attached hydrogens (tertiary/aromatic N) is 5. The van der Waals surface area contributed by atoms with Crippen LogP contribution in [0.5, 0.6) is 17.5 Å². The van der Waals surface area contributed by atoms with Crippen molar-refractivity contribution < 1.29 is 13.9 Å². The number of nitrogen functional groups attached to an aromatic ring is 2. The van der Waals surface area contributed by atoms with Crippen LogP contribution in [-0.2, 0) is 6.42 Å². The molecule has 0 saturated carbocycles. The molecular weight excluding hydrogens is 529 g/mol. The van der Waals surface area contributed by atoms with Gasteiger partial charge in [-0.3, -0.25) is 0 Å². The largest absolute Gasteiger partial charge is 0.492 e. The standard InChI is InChI=1S/C25H19BrFN7O2/c1-12-6-8-30-25(33-12)36-18-5-2-13(10-16(18)27)34-21(19(26)20-22(34)24(29)32-11-31-20)15-3-4-17(28)14-7-9-35-23(14)15/h2-6,8,10-11H,7,9,28H2,1H3,(H2,29,31,32). The summed E-state index contributed by atoms with van der Waals surface area (Å²) < 4.78 is 29.4. The summed E-state index contributed by atoms with van der Waals surface area (Å²) in [7, 11) is 0. The van der Waals surface area contributed by atoms with Crippen molar-refractivity contribution >= 4 is 38.5 Å². The zero-order valence-electron chi connectivity index (χ0n) is 19.0. The molecule has 4 heterocycles. The van der Waals surface area contributed by atoms with Crippen LogP contribution in [0.2, 0.25) is 0 Å². The Kier molecular flexibility index (Phi) is 5.22. The molecule has 0 fully saturated rings. The van der Waals surface area contributed by atoms with E-state index in [-0.39, 0.29) is 17.6 Å². The van der Waals surface area contributed by atoms with Gasteiger partial charge in [-0.05, 0) is 53.2 Å². The highest BCUT2D eigenvalue weighted by Gasteiger charge is 2.28. The second-order valence-electron chi connectivity index (χ2n) is 8.26. The van der Waals surface area contributed by atoms with Gasteiger partial charge < -0.3 is 25.5 Å². The van der Waals surface area contributed by atoms with Crippen molar-refractivity contribution in [2.75, 3.05) is 18.1 Å². The Bertz CT molecular complexity index is 1670. The van der Waals surface area contributed by atoms with E-state index in [0.29, 0.717) is 57.0 Å². The van der Waals surface area contributed by atoms with Crippen LogP contribution in [0.3, 0.4) is 0 Å². The molecule has 180 valence electrons. The maximum Gasteiger partial charge on any atom is 0.322 e. The topological polar surface area (TPSA) is 127 Å². The van der Waals surface area contributed by atoms with Crippen molar-refractivity contribution in [1.29, 1.82) is 0 Å². The summed E-state index contributed by atoms with van der Waals surface area (Å²) in [5.41, 5.74) is 17.9. The van der Waals surface area contributed by atoms with Gasteiger partial charge >= 0.3 is 6.01 Å². The van der Waals surface area contributed by atoms with Crippen molar-refractivity contribution in [3.8, 4) is 34.5 Å². The fraction of sp³-hybridized carbons (Fsp3) is 0.120. The summed E-state index contributed by atoms with van der Waals surface area (Å²) >= 11 is 3.69. The molecule has 3 aromatic heterocycles. The first-order valence-corrected chi connectivity index (χ1v) is 11.8. The maximum atomic E-state index is 15.3. The Morgan fingerprint density at radius 1 is 1.11 bits per heavy atom. The summed E-state index contributed by atoms with van der Waals surface area (Å²) in [6.45, 7) is 2.33. The predicted octanol–water partition coefficient (Wildman–Crippen LogP) is 4.98.